The number of urea groups is 1. The molecule has 2 aromatic carbocycles. The van der Waals surface area contributed by atoms with E-state index in [1.54, 1.807) is 31.2 Å². The molecule has 0 aliphatic carbocycles. The molecule has 1 aliphatic heterocycles. The van der Waals surface area contributed by atoms with Gasteiger partial charge in [-0.15, -0.1) is 0 Å². The standard InChI is InChI=1S/C22H24ClN3O3/c1-3-8-18(15-9-5-4-6-10-15)24-19(27)14-26-20(28)22(2,25-21(26)29)16-11-7-12-17(23)13-16/h4-7,9-13,18H,3,8,14H2,1-2H3,(H,24,27)(H,25,29). The first kappa shape index (κ1) is 20.9. The SMILES string of the molecule is CCCC(NC(=O)CN1C(=O)NC(C)(c2cccc(Cl)c2)C1=O)c1ccccc1. The third-order valence-corrected chi connectivity index (χ3v) is 5.33. The summed E-state index contributed by atoms with van der Waals surface area (Å²) >= 11 is 6.03. The Kier molecular flexibility index (Phi) is 6.23. The molecule has 7 heteroatoms. The normalized spacial score (nSPS) is 19.8. The maximum absolute atomic E-state index is 13.0. The van der Waals surface area contributed by atoms with Crippen LogP contribution in [0.4, 0.5) is 4.79 Å². The molecule has 152 valence electrons. The summed E-state index contributed by atoms with van der Waals surface area (Å²) in [5, 5.41) is 6.10. The van der Waals surface area contributed by atoms with E-state index in [-0.39, 0.29) is 18.5 Å². The number of nitrogens with zero attached hydrogens (tertiary/aromatic N) is 1. The van der Waals surface area contributed by atoms with Gasteiger partial charge in [0.2, 0.25) is 5.91 Å². The highest BCUT2D eigenvalue weighted by Gasteiger charge is 2.49. The van der Waals surface area contributed by atoms with Gasteiger partial charge in [-0.05, 0) is 36.6 Å². The van der Waals surface area contributed by atoms with Gasteiger partial charge in [-0.25, -0.2) is 4.79 Å². The van der Waals surface area contributed by atoms with Gasteiger partial charge in [0.1, 0.15) is 12.1 Å². The van der Waals surface area contributed by atoms with Gasteiger partial charge in [-0.2, -0.15) is 0 Å². The maximum atomic E-state index is 13.0. The van der Waals surface area contributed by atoms with Crippen molar-refractivity contribution < 1.29 is 14.4 Å². The van der Waals surface area contributed by atoms with Gasteiger partial charge in [0.05, 0.1) is 6.04 Å². The Bertz CT molecular complexity index is 919. The lowest BCUT2D eigenvalue weighted by Crippen LogP contribution is -2.43. The topological polar surface area (TPSA) is 78.5 Å². The molecule has 6 nitrogen and oxygen atoms in total. The number of rotatable bonds is 7. The fraction of sp³-hybridized carbons (Fsp3) is 0.318. The molecule has 2 atom stereocenters. The highest BCUT2D eigenvalue weighted by molar-refractivity contribution is 6.30. The second kappa shape index (κ2) is 8.66. The molecule has 0 bridgehead atoms. The molecule has 2 unspecified atom stereocenters. The van der Waals surface area contributed by atoms with E-state index in [0.29, 0.717) is 10.6 Å². The predicted molar refractivity (Wildman–Crippen MR) is 111 cm³/mol. The first-order valence-corrected chi connectivity index (χ1v) is 9.97. The van der Waals surface area contributed by atoms with Crippen molar-refractivity contribution in [2.24, 2.45) is 0 Å². The minimum atomic E-state index is -1.26. The summed E-state index contributed by atoms with van der Waals surface area (Å²) in [4.78, 5) is 39.0. The van der Waals surface area contributed by atoms with Gasteiger partial charge in [0.25, 0.3) is 5.91 Å². The summed E-state index contributed by atoms with van der Waals surface area (Å²) in [5.74, 6) is -0.863. The molecular weight excluding hydrogens is 390 g/mol. The van der Waals surface area contributed by atoms with Crippen LogP contribution in [0.3, 0.4) is 0 Å². The van der Waals surface area contributed by atoms with Crippen LogP contribution in [0, 0.1) is 0 Å². The average Bonchev–Trinajstić information content (AvgIpc) is 2.92. The number of hydrogen-bond acceptors (Lipinski definition) is 3. The van der Waals surface area contributed by atoms with Crippen molar-refractivity contribution in [2.45, 2.75) is 38.3 Å². The fourth-order valence-electron chi connectivity index (χ4n) is 3.52. The van der Waals surface area contributed by atoms with Crippen LogP contribution in [0.15, 0.2) is 54.6 Å². The lowest BCUT2D eigenvalue weighted by Gasteiger charge is -2.23. The Morgan fingerprint density at radius 2 is 1.90 bits per heavy atom. The minimum absolute atomic E-state index is 0.172. The van der Waals surface area contributed by atoms with Gasteiger partial charge in [-0.3, -0.25) is 14.5 Å². The first-order chi connectivity index (χ1) is 13.8. The Labute approximate surface area is 175 Å². The fourth-order valence-corrected chi connectivity index (χ4v) is 3.71. The zero-order valence-corrected chi connectivity index (χ0v) is 17.2. The molecule has 0 spiro atoms. The first-order valence-electron chi connectivity index (χ1n) is 9.59. The third-order valence-electron chi connectivity index (χ3n) is 5.09. The van der Waals surface area contributed by atoms with E-state index in [1.165, 1.54) is 0 Å². The second-order valence-electron chi connectivity index (χ2n) is 7.28. The van der Waals surface area contributed by atoms with Crippen molar-refractivity contribution in [3.63, 3.8) is 0 Å². The molecule has 0 aromatic heterocycles. The van der Waals surface area contributed by atoms with Gasteiger partial charge in [-0.1, -0.05) is 67.4 Å². The summed E-state index contributed by atoms with van der Waals surface area (Å²) in [6, 6.07) is 15.6. The van der Waals surface area contributed by atoms with Crippen LogP contribution in [0.25, 0.3) is 0 Å². The van der Waals surface area contributed by atoms with Crippen LogP contribution in [-0.4, -0.2) is 29.3 Å². The van der Waals surface area contributed by atoms with E-state index >= 15 is 0 Å². The van der Waals surface area contributed by atoms with Crippen LogP contribution < -0.4 is 10.6 Å². The van der Waals surface area contributed by atoms with E-state index in [2.05, 4.69) is 10.6 Å². The number of carbonyl (C=O) groups is 3. The molecule has 0 radical (unpaired) electrons. The summed E-state index contributed by atoms with van der Waals surface area (Å²) in [5.41, 5.74) is 0.299. The summed E-state index contributed by atoms with van der Waals surface area (Å²) in [6.07, 6.45) is 1.64. The van der Waals surface area contributed by atoms with Crippen molar-refractivity contribution in [1.29, 1.82) is 0 Å². The van der Waals surface area contributed by atoms with Gasteiger partial charge < -0.3 is 10.6 Å². The second-order valence-corrected chi connectivity index (χ2v) is 7.71. The number of halogens is 1. The highest BCUT2D eigenvalue weighted by Crippen LogP contribution is 2.30. The monoisotopic (exact) mass is 413 g/mol. The van der Waals surface area contributed by atoms with Gasteiger partial charge in [0, 0.05) is 5.02 Å². The minimum Gasteiger partial charge on any atom is -0.348 e. The Balaban J connectivity index is 1.73. The lowest BCUT2D eigenvalue weighted by molar-refractivity contribution is -0.135. The molecular formula is C22H24ClN3O3. The summed E-state index contributed by atoms with van der Waals surface area (Å²) in [7, 11) is 0. The molecule has 0 saturated carbocycles. The predicted octanol–water partition coefficient (Wildman–Crippen LogP) is 3.76. The van der Waals surface area contributed by atoms with Crippen molar-refractivity contribution in [2.75, 3.05) is 6.54 Å². The Hall–Kier alpha value is -2.86. The van der Waals surface area contributed by atoms with E-state index in [1.807, 2.05) is 37.3 Å². The van der Waals surface area contributed by atoms with Crippen LogP contribution in [0.5, 0.6) is 0 Å². The average molecular weight is 414 g/mol. The molecule has 2 N–H and O–H groups in total. The maximum Gasteiger partial charge on any atom is 0.325 e. The van der Waals surface area contributed by atoms with Crippen molar-refractivity contribution in [3.05, 3.63) is 70.7 Å². The number of benzene rings is 2. The van der Waals surface area contributed by atoms with Crippen molar-refractivity contribution >= 4 is 29.4 Å². The van der Waals surface area contributed by atoms with Crippen LogP contribution >= 0.6 is 11.6 Å². The number of imide groups is 1. The smallest absolute Gasteiger partial charge is 0.325 e. The summed E-state index contributed by atoms with van der Waals surface area (Å²) in [6.45, 7) is 3.31. The largest absolute Gasteiger partial charge is 0.348 e. The van der Waals surface area contributed by atoms with Gasteiger partial charge >= 0.3 is 6.03 Å². The number of amides is 4. The van der Waals surface area contributed by atoms with Crippen LogP contribution in [0.2, 0.25) is 5.02 Å². The van der Waals surface area contributed by atoms with E-state index in [0.717, 1.165) is 23.3 Å². The Morgan fingerprint density at radius 1 is 1.17 bits per heavy atom. The molecule has 2 aromatic rings. The number of nitrogens with one attached hydrogen (secondary N) is 2. The molecule has 29 heavy (non-hydrogen) atoms. The van der Waals surface area contributed by atoms with Crippen LogP contribution in [-0.2, 0) is 15.1 Å². The Morgan fingerprint density at radius 3 is 2.55 bits per heavy atom. The molecule has 1 aliphatic rings. The quantitative estimate of drug-likeness (QED) is 0.678. The third kappa shape index (κ3) is 4.43. The highest BCUT2D eigenvalue weighted by atomic mass is 35.5. The lowest BCUT2D eigenvalue weighted by atomic mass is 9.92. The molecule has 1 saturated heterocycles. The zero-order chi connectivity index (χ0) is 21.0. The van der Waals surface area contributed by atoms with E-state index < -0.39 is 17.5 Å². The molecule has 4 amide bonds. The zero-order valence-electron chi connectivity index (χ0n) is 16.4. The van der Waals surface area contributed by atoms with Crippen molar-refractivity contribution in [3.8, 4) is 0 Å². The van der Waals surface area contributed by atoms with E-state index in [4.69, 9.17) is 11.6 Å². The molecule has 1 fully saturated rings. The number of hydrogen-bond donors (Lipinski definition) is 2. The molecule has 1 heterocycles. The molecule has 3 rings (SSSR count). The van der Waals surface area contributed by atoms with Crippen LogP contribution in [0.1, 0.15) is 43.9 Å². The number of carbonyl (C=O) groups excluding carboxylic acids is 3. The van der Waals surface area contributed by atoms with E-state index in [9.17, 15) is 14.4 Å². The van der Waals surface area contributed by atoms with Crippen molar-refractivity contribution in [1.82, 2.24) is 15.5 Å². The summed E-state index contributed by atoms with van der Waals surface area (Å²) < 4.78 is 0. The van der Waals surface area contributed by atoms with Gasteiger partial charge in [0.15, 0.2) is 0 Å².